The molecule has 0 fully saturated rings. The third kappa shape index (κ3) is 5.07. The zero-order valence-corrected chi connectivity index (χ0v) is 20.2. The lowest BCUT2D eigenvalue weighted by molar-refractivity contribution is -0.140. The highest BCUT2D eigenvalue weighted by atomic mass is 16.4. The number of oxazole rings is 1. The zero-order valence-electron chi connectivity index (χ0n) is 20.2. The average molecular weight is 465 g/mol. The minimum absolute atomic E-state index is 0.0209. The first-order valence-electron chi connectivity index (χ1n) is 11.7. The van der Waals surface area contributed by atoms with E-state index in [-0.39, 0.29) is 17.7 Å². The van der Waals surface area contributed by atoms with Crippen LogP contribution in [0, 0.1) is 5.92 Å². The van der Waals surface area contributed by atoms with Crippen LogP contribution in [0.5, 0.6) is 0 Å². The van der Waals surface area contributed by atoms with Gasteiger partial charge in [-0.25, -0.2) is 4.79 Å². The van der Waals surface area contributed by atoms with Crippen LogP contribution in [0.2, 0.25) is 0 Å². The van der Waals surface area contributed by atoms with Crippen LogP contribution in [0.25, 0.3) is 11.1 Å². The SMILES string of the molecule is CC(C)CC(=O)N1Cc2ccccc2CC1C(=O)Nc1ccc2oc(=O)n(CCN(C)C)c2c1. The maximum atomic E-state index is 13.4. The molecule has 0 saturated heterocycles. The molecule has 1 aliphatic heterocycles. The maximum Gasteiger partial charge on any atom is 0.419 e. The lowest BCUT2D eigenvalue weighted by Gasteiger charge is -2.36. The summed E-state index contributed by atoms with van der Waals surface area (Å²) in [6.07, 6.45) is 0.860. The Morgan fingerprint density at radius 1 is 1.15 bits per heavy atom. The van der Waals surface area contributed by atoms with Crippen LogP contribution in [0.4, 0.5) is 5.69 Å². The summed E-state index contributed by atoms with van der Waals surface area (Å²) in [7, 11) is 3.88. The van der Waals surface area contributed by atoms with E-state index in [9.17, 15) is 14.4 Å². The molecule has 8 nitrogen and oxygen atoms in total. The molecule has 180 valence electrons. The molecule has 0 saturated carbocycles. The van der Waals surface area contributed by atoms with Crippen molar-refractivity contribution >= 4 is 28.6 Å². The molecule has 1 aromatic heterocycles. The Morgan fingerprint density at radius 2 is 1.88 bits per heavy atom. The fraction of sp³-hybridized carbons (Fsp3) is 0.423. The zero-order chi connectivity index (χ0) is 24.4. The van der Waals surface area contributed by atoms with Crippen molar-refractivity contribution in [3.05, 3.63) is 64.1 Å². The smallest absolute Gasteiger partial charge is 0.408 e. The molecule has 34 heavy (non-hydrogen) atoms. The third-order valence-corrected chi connectivity index (χ3v) is 6.16. The molecule has 4 rings (SSSR count). The molecular weight excluding hydrogens is 432 g/mol. The topological polar surface area (TPSA) is 87.8 Å². The Morgan fingerprint density at radius 3 is 2.59 bits per heavy atom. The predicted molar refractivity (Wildman–Crippen MR) is 132 cm³/mol. The van der Waals surface area contributed by atoms with E-state index in [1.807, 2.05) is 57.1 Å². The van der Waals surface area contributed by atoms with Gasteiger partial charge >= 0.3 is 5.76 Å². The van der Waals surface area contributed by atoms with Crippen molar-refractivity contribution in [2.75, 3.05) is 26.0 Å². The minimum atomic E-state index is -0.600. The number of rotatable bonds is 7. The van der Waals surface area contributed by atoms with Crippen LogP contribution in [-0.2, 0) is 29.1 Å². The van der Waals surface area contributed by atoms with Crippen LogP contribution in [-0.4, -0.2) is 52.9 Å². The lowest BCUT2D eigenvalue weighted by Crippen LogP contribution is -2.50. The summed E-state index contributed by atoms with van der Waals surface area (Å²) < 4.78 is 6.93. The van der Waals surface area contributed by atoms with E-state index in [4.69, 9.17) is 4.42 Å². The van der Waals surface area contributed by atoms with Crippen molar-refractivity contribution in [1.82, 2.24) is 14.4 Å². The van der Waals surface area contributed by atoms with Crippen LogP contribution in [0.1, 0.15) is 31.4 Å². The second kappa shape index (κ2) is 9.85. The van der Waals surface area contributed by atoms with E-state index in [1.54, 1.807) is 27.7 Å². The van der Waals surface area contributed by atoms with Gasteiger partial charge in [-0.15, -0.1) is 0 Å². The monoisotopic (exact) mass is 464 g/mol. The molecule has 0 bridgehead atoms. The summed E-state index contributed by atoms with van der Waals surface area (Å²) in [5.74, 6) is -0.477. The first kappa shape index (κ1) is 23.8. The number of nitrogens with one attached hydrogen (secondary N) is 1. The van der Waals surface area contributed by atoms with Crippen molar-refractivity contribution in [1.29, 1.82) is 0 Å². The van der Waals surface area contributed by atoms with Crippen LogP contribution < -0.4 is 11.1 Å². The molecule has 0 spiro atoms. The van der Waals surface area contributed by atoms with Gasteiger partial charge in [-0.3, -0.25) is 14.2 Å². The molecule has 8 heteroatoms. The molecule has 2 aromatic carbocycles. The number of carbonyl (C=O) groups excluding carboxylic acids is 2. The van der Waals surface area contributed by atoms with Crippen molar-refractivity contribution < 1.29 is 14.0 Å². The van der Waals surface area contributed by atoms with E-state index in [1.165, 1.54) is 0 Å². The van der Waals surface area contributed by atoms with Gasteiger partial charge in [0.2, 0.25) is 11.8 Å². The van der Waals surface area contributed by atoms with E-state index < -0.39 is 11.8 Å². The van der Waals surface area contributed by atoms with Gasteiger partial charge < -0.3 is 19.5 Å². The van der Waals surface area contributed by atoms with Gasteiger partial charge in [0.1, 0.15) is 6.04 Å². The van der Waals surface area contributed by atoms with Crippen molar-refractivity contribution in [2.45, 2.75) is 45.8 Å². The molecular formula is C26H32N4O4. The normalized spacial score (nSPS) is 15.7. The van der Waals surface area contributed by atoms with Gasteiger partial charge in [0, 0.05) is 38.2 Å². The first-order chi connectivity index (χ1) is 16.2. The minimum Gasteiger partial charge on any atom is -0.408 e. The number of nitrogens with zero attached hydrogens (tertiary/aromatic N) is 3. The highest BCUT2D eigenvalue weighted by Gasteiger charge is 2.34. The highest BCUT2D eigenvalue weighted by molar-refractivity contribution is 5.98. The summed E-state index contributed by atoms with van der Waals surface area (Å²) >= 11 is 0. The Balaban J connectivity index is 1.60. The summed E-state index contributed by atoms with van der Waals surface area (Å²) in [5, 5.41) is 2.97. The number of anilines is 1. The third-order valence-electron chi connectivity index (χ3n) is 6.16. The average Bonchev–Trinajstić information content (AvgIpc) is 3.10. The van der Waals surface area contributed by atoms with Gasteiger partial charge in [-0.1, -0.05) is 38.1 Å². The first-order valence-corrected chi connectivity index (χ1v) is 11.7. The molecule has 2 heterocycles. The summed E-state index contributed by atoms with van der Waals surface area (Å²) in [4.78, 5) is 42.4. The maximum absolute atomic E-state index is 13.4. The van der Waals surface area contributed by atoms with E-state index >= 15 is 0 Å². The molecule has 3 aromatic rings. The Hall–Kier alpha value is -3.39. The van der Waals surface area contributed by atoms with Gasteiger partial charge in [0.15, 0.2) is 5.58 Å². The fourth-order valence-corrected chi connectivity index (χ4v) is 4.36. The largest absolute Gasteiger partial charge is 0.419 e. The summed E-state index contributed by atoms with van der Waals surface area (Å²) in [5.41, 5.74) is 3.83. The highest BCUT2D eigenvalue weighted by Crippen LogP contribution is 2.26. The number of aromatic nitrogens is 1. The van der Waals surface area contributed by atoms with E-state index in [2.05, 4.69) is 5.32 Å². The number of benzene rings is 2. The molecule has 1 atom stereocenters. The number of hydrogen-bond acceptors (Lipinski definition) is 5. The molecule has 0 radical (unpaired) electrons. The van der Waals surface area contributed by atoms with Crippen LogP contribution >= 0.6 is 0 Å². The van der Waals surface area contributed by atoms with Gasteiger partial charge in [-0.05, 0) is 49.3 Å². The molecule has 2 amide bonds. The fourth-order valence-electron chi connectivity index (χ4n) is 4.36. The van der Waals surface area contributed by atoms with Crippen LogP contribution in [0.3, 0.4) is 0 Å². The standard InChI is InChI=1S/C26H32N4O4/c1-17(2)13-24(31)30-16-19-8-6-5-7-18(19)14-22(30)25(32)27-20-9-10-23-21(15-20)29(26(33)34-23)12-11-28(3)4/h5-10,15,17,22H,11-14,16H2,1-4H3,(H,27,32). The van der Waals surface area contributed by atoms with E-state index in [0.29, 0.717) is 49.3 Å². The van der Waals surface area contributed by atoms with Gasteiger partial charge in [0.05, 0.1) is 5.52 Å². The lowest BCUT2D eigenvalue weighted by atomic mass is 9.92. The second-order valence-corrected chi connectivity index (χ2v) is 9.60. The summed E-state index contributed by atoms with van der Waals surface area (Å²) in [6, 6.07) is 12.5. The van der Waals surface area contributed by atoms with Gasteiger partial charge in [0.25, 0.3) is 0 Å². The van der Waals surface area contributed by atoms with Crippen molar-refractivity contribution in [2.24, 2.45) is 5.92 Å². The van der Waals surface area contributed by atoms with Crippen LogP contribution in [0.15, 0.2) is 51.7 Å². The second-order valence-electron chi connectivity index (χ2n) is 9.60. The number of amides is 2. The molecule has 1 aliphatic rings. The molecule has 1 N–H and O–H groups in total. The van der Waals surface area contributed by atoms with Crippen molar-refractivity contribution in [3.8, 4) is 0 Å². The van der Waals surface area contributed by atoms with Crippen molar-refractivity contribution in [3.63, 3.8) is 0 Å². The Bertz CT molecular complexity index is 1260. The number of hydrogen-bond donors (Lipinski definition) is 1. The summed E-state index contributed by atoms with van der Waals surface area (Å²) in [6.45, 7) is 5.58. The molecule has 0 aliphatic carbocycles. The number of fused-ring (bicyclic) bond motifs is 2. The molecule has 1 unspecified atom stereocenters. The van der Waals surface area contributed by atoms with Gasteiger partial charge in [-0.2, -0.15) is 0 Å². The van der Waals surface area contributed by atoms with E-state index in [0.717, 1.165) is 11.1 Å². The Labute approximate surface area is 199 Å². The number of carbonyl (C=O) groups is 2. The quantitative estimate of drug-likeness (QED) is 0.581. The predicted octanol–water partition coefficient (Wildman–Crippen LogP) is 3.09. The number of likely N-dealkylation sites (N-methyl/N-ethyl adjacent to an activating group) is 1. The Kier molecular flexibility index (Phi) is 6.88.